The van der Waals surface area contributed by atoms with E-state index in [0.717, 1.165) is 6.42 Å². The van der Waals surface area contributed by atoms with Gasteiger partial charge in [0.25, 0.3) is 0 Å². The molecule has 0 radical (unpaired) electrons. The van der Waals surface area contributed by atoms with Crippen molar-refractivity contribution >= 4 is 0 Å². The fraction of sp³-hybridized carbons (Fsp3) is 0.333. The summed E-state index contributed by atoms with van der Waals surface area (Å²) < 4.78 is 0. The number of rotatable bonds is 4. The van der Waals surface area contributed by atoms with Gasteiger partial charge in [-0.1, -0.05) is 55.9 Å². The van der Waals surface area contributed by atoms with Crippen LogP contribution in [-0.4, -0.2) is 0 Å². The maximum Gasteiger partial charge on any atom is -0.0102 e. The monoisotopic (exact) mass is 198 g/mol. The highest BCUT2D eigenvalue weighted by Crippen LogP contribution is 1.94. The third kappa shape index (κ3) is 12.3. The topological polar surface area (TPSA) is 0 Å². The van der Waals surface area contributed by atoms with Gasteiger partial charge in [-0.2, -0.15) is 0 Å². The predicted octanol–water partition coefficient (Wildman–Crippen LogP) is 3.87. The van der Waals surface area contributed by atoms with Crippen LogP contribution in [0.4, 0.5) is 0 Å². The molecule has 0 saturated heterocycles. The smallest absolute Gasteiger partial charge is 0.0102 e. The Kier molecular flexibility index (Phi) is 11.0. The Hall–Kier alpha value is -1.66. The van der Waals surface area contributed by atoms with E-state index in [9.17, 15) is 0 Å². The summed E-state index contributed by atoms with van der Waals surface area (Å²) in [6.07, 6.45) is 15.3. The van der Waals surface area contributed by atoms with Gasteiger partial charge in [-0.25, -0.2) is 0 Å². The second-order valence-corrected chi connectivity index (χ2v) is 2.97. The van der Waals surface area contributed by atoms with Crippen LogP contribution in [0.3, 0.4) is 0 Å². The van der Waals surface area contributed by atoms with E-state index >= 15 is 0 Å². The standard InChI is InChI=1S/C15H18/c1-3-5-7-9-11-13-15-14-12-10-8-6-4-2/h3,5,10,12,14-15H,4,6,8H2,1-2H3/b5-3+,12-10+,15-14+. The molecule has 0 rings (SSSR count). The quantitative estimate of drug-likeness (QED) is 0.365. The van der Waals surface area contributed by atoms with Gasteiger partial charge in [0, 0.05) is 0 Å². The SMILES string of the molecule is C/C=C/C#CC#C/C=C/C=C/CCCC. The van der Waals surface area contributed by atoms with Gasteiger partial charge in [0.05, 0.1) is 0 Å². The Morgan fingerprint density at radius 1 is 1.00 bits per heavy atom. The van der Waals surface area contributed by atoms with Crippen LogP contribution in [0.1, 0.15) is 33.1 Å². The summed E-state index contributed by atoms with van der Waals surface area (Å²) in [5.74, 6) is 11.1. The molecule has 0 spiro atoms. The second-order valence-electron chi connectivity index (χ2n) is 2.97. The lowest BCUT2D eigenvalue weighted by molar-refractivity contribution is 0.815. The summed E-state index contributed by atoms with van der Waals surface area (Å²) >= 11 is 0. The summed E-state index contributed by atoms with van der Waals surface area (Å²) in [6, 6.07) is 0. The van der Waals surface area contributed by atoms with Crippen LogP contribution in [0, 0.1) is 23.7 Å². The molecule has 0 aliphatic carbocycles. The fourth-order valence-electron chi connectivity index (χ4n) is 0.839. The Morgan fingerprint density at radius 3 is 2.40 bits per heavy atom. The summed E-state index contributed by atoms with van der Waals surface area (Å²) in [7, 11) is 0. The van der Waals surface area contributed by atoms with Crippen LogP contribution < -0.4 is 0 Å². The minimum atomic E-state index is 1.15. The van der Waals surface area contributed by atoms with Crippen molar-refractivity contribution < 1.29 is 0 Å². The molecule has 0 unspecified atom stereocenters. The molecule has 0 aromatic carbocycles. The van der Waals surface area contributed by atoms with Crippen molar-refractivity contribution in [2.24, 2.45) is 0 Å². The molecular weight excluding hydrogens is 180 g/mol. The molecule has 0 N–H and O–H groups in total. The number of hydrogen-bond acceptors (Lipinski definition) is 0. The van der Waals surface area contributed by atoms with E-state index in [1.54, 1.807) is 6.08 Å². The van der Waals surface area contributed by atoms with Crippen LogP contribution in [0.15, 0.2) is 36.5 Å². The molecule has 0 bridgehead atoms. The first-order valence-electron chi connectivity index (χ1n) is 5.35. The van der Waals surface area contributed by atoms with Crippen molar-refractivity contribution in [3.63, 3.8) is 0 Å². The highest BCUT2D eigenvalue weighted by Gasteiger charge is 1.74. The summed E-state index contributed by atoms with van der Waals surface area (Å²) in [6.45, 7) is 4.13. The van der Waals surface area contributed by atoms with Crippen molar-refractivity contribution in [3.8, 4) is 23.7 Å². The Bertz CT molecular complexity index is 332. The van der Waals surface area contributed by atoms with E-state index in [2.05, 4.69) is 36.7 Å². The van der Waals surface area contributed by atoms with Gasteiger partial charge >= 0.3 is 0 Å². The van der Waals surface area contributed by atoms with Crippen molar-refractivity contribution in [2.45, 2.75) is 33.1 Å². The van der Waals surface area contributed by atoms with Gasteiger partial charge in [0.15, 0.2) is 0 Å². The highest BCUT2D eigenvalue weighted by atomic mass is 13.8. The molecule has 0 aliphatic rings. The lowest BCUT2D eigenvalue weighted by atomic mass is 10.2. The molecule has 15 heavy (non-hydrogen) atoms. The molecule has 78 valence electrons. The van der Waals surface area contributed by atoms with Crippen LogP contribution in [0.2, 0.25) is 0 Å². The van der Waals surface area contributed by atoms with E-state index in [0.29, 0.717) is 0 Å². The lowest BCUT2D eigenvalue weighted by Crippen LogP contribution is -1.64. The van der Waals surface area contributed by atoms with Crippen LogP contribution in [0.5, 0.6) is 0 Å². The fourth-order valence-corrected chi connectivity index (χ4v) is 0.839. The maximum absolute atomic E-state index is 2.85. The Morgan fingerprint density at radius 2 is 1.73 bits per heavy atom. The molecule has 0 heteroatoms. The minimum absolute atomic E-state index is 1.15. The number of unbranched alkanes of at least 4 members (excludes halogenated alkanes) is 2. The van der Waals surface area contributed by atoms with Crippen molar-refractivity contribution in [2.75, 3.05) is 0 Å². The highest BCUT2D eigenvalue weighted by molar-refractivity contribution is 5.34. The Labute approximate surface area is 93.8 Å². The Balaban J connectivity index is 3.71. The molecule has 0 nitrogen and oxygen atoms in total. The summed E-state index contributed by atoms with van der Waals surface area (Å²) in [5, 5.41) is 0. The van der Waals surface area contributed by atoms with E-state index in [-0.39, 0.29) is 0 Å². The average molecular weight is 198 g/mol. The first-order valence-corrected chi connectivity index (χ1v) is 5.35. The van der Waals surface area contributed by atoms with E-state index in [1.165, 1.54) is 12.8 Å². The molecule has 0 fully saturated rings. The van der Waals surface area contributed by atoms with Crippen LogP contribution in [0.25, 0.3) is 0 Å². The van der Waals surface area contributed by atoms with E-state index in [1.807, 2.05) is 31.2 Å². The van der Waals surface area contributed by atoms with Gasteiger partial charge in [0.1, 0.15) is 0 Å². The van der Waals surface area contributed by atoms with Gasteiger partial charge in [-0.15, -0.1) is 0 Å². The third-order valence-electron chi connectivity index (χ3n) is 1.61. The second kappa shape index (κ2) is 12.3. The van der Waals surface area contributed by atoms with Crippen molar-refractivity contribution in [1.29, 1.82) is 0 Å². The van der Waals surface area contributed by atoms with Gasteiger partial charge in [-0.05, 0) is 37.3 Å². The zero-order valence-corrected chi connectivity index (χ0v) is 9.59. The predicted molar refractivity (Wildman–Crippen MR) is 68.2 cm³/mol. The van der Waals surface area contributed by atoms with Gasteiger partial charge < -0.3 is 0 Å². The lowest BCUT2D eigenvalue weighted by Gasteiger charge is -1.84. The third-order valence-corrected chi connectivity index (χ3v) is 1.61. The first-order chi connectivity index (χ1) is 7.41. The molecule has 0 aliphatic heterocycles. The van der Waals surface area contributed by atoms with Crippen molar-refractivity contribution in [3.05, 3.63) is 36.5 Å². The zero-order chi connectivity index (χ0) is 11.2. The van der Waals surface area contributed by atoms with Gasteiger partial charge in [-0.3, -0.25) is 0 Å². The molecule has 0 atom stereocenters. The molecule has 0 amide bonds. The van der Waals surface area contributed by atoms with E-state index < -0.39 is 0 Å². The van der Waals surface area contributed by atoms with Gasteiger partial charge in [0.2, 0.25) is 0 Å². The average Bonchev–Trinajstić information content (AvgIpc) is 2.26. The summed E-state index contributed by atoms with van der Waals surface area (Å²) in [5.41, 5.74) is 0. The van der Waals surface area contributed by atoms with Crippen LogP contribution >= 0.6 is 0 Å². The molecule has 0 heterocycles. The largest absolute Gasteiger partial charge is 0.0845 e. The zero-order valence-electron chi connectivity index (χ0n) is 9.59. The molecule has 0 aromatic heterocycles. The number of allylic oxidation sites excluding steroid dienone is 6. The summed E-state index contributed by atoms with van der Waals surface area (Å²) in [4.78, 5) is 0. The number of hydrogen-bond donors (Lipinski definition) is 0. The van der Waals surface area contributed by atoms with Crippen molar-refractivity contribution in [1.82, 2.24) is 0 Å². The molecular formula is C15H18. The molecule has 0 aromatic rings. The van der Waals surface area contributed by atoms with E-state index in [4.69, 9.17) is 0 Å². The normalized spacial score (nSPS) is 10.3. The maximum atomic E-state index is 2.85. The molecule has 0 saturated carbocycles. The minimum Gasteiger partial charge on any atom is -0.0845 e. The van der Waals surface area contributed by atoms with Crippen LogP contribution in [-0.2, 0) is 0 Å². The first kappa shape index (κ1) is 13.3.